The van der Waals surface area contributed by atoms with Gasteiger partial charge in [-0.1, -0.05) is 6.07 Å². The molecule has 1 aliphatic carbocycles. The fraction of sp³-hybridized carbons (Fsp3) is 0.500. The van der Waals surface area contributed by atoms with Crippen molar-refractivity contribution >= 4 is 27.5 Å². The van der Waals surface area contributed by atoms with Crippen LogP contribution in [0.5, 0.6) is 0 Å². The molecule has 1 aromatic heterocycles. The molecule has 1 saturated carbocycles. The number of aromatic nitrogens is 2. The first kappa shape index (κ1) is 25.7. The number of carbonyl (C=O) groups excluding carboxylic acids is 1. The summed E-state index contributed by atoms with van der Waals surface area (Å²) in [5.41, 5.74) is -0.114. The number of nitrogens with zero attached hydrogens (tertiary/aromatic N) is 3. The Balaban J connectivity index is 1.52. The van der Waals surface area contributed by atoms with Crippen LogP contribution < -0.4 is 15.5 Å². The van der Waals surface area contributed by atoms with Gasteiger partial charge in [-0.3, -0.25) is 4.79 Å². The van der Waals surface area contributed by atoms with E-state index in [-0.39, 0.29) is 12.1 Å². The molecule has 186 valence electrons. The van der Waals surface area contributed by atoms with Crippen LogP contribution in [0.2, 0.25) is 0 Å². The molecule has 1 fully saturated rings. The fourth-order valence-corrected chi connectivity index (χ4v) is 5.10. The van der Waals surface area contributed by atoms with Crippen LogP contribution in [0.1, 0.15) is 36.8 Å². The maximum atomic E-state index is 12.9. The molecule has 0 aliphatic heterocycles. The van der Waals surface area contributed by atoms with Gasteiger partial charge in [-0.25, -0.2) is 13.4 Å². The normalized spacial score (nSPS) is 18.9. The lowest BCUT2D eigenvalue weighted by molar-refractivity contribution is -0.137. The van der Waals surface area contributed by atoms with E-state index in [1.165, 1.54) is 0 Å². The Hall–Kier alpha value is -2.89. The van der Waals surface area contributed by atoms with Gasteiger partial charge in [0.15, 0.2) is 9.84 Å². The number of rotatable bonds is 7. The second-order valence-electron chi connectivity index (χ2n) is 8.64. The van der Waals surface area contributed by atoms with Crippen LogP contribution in [-0.4, -0.2) is 56.2 Å². The van der Waals surface area contributed by atoms with Crippen LogP contribution in [0.4, 0.5) is 24.9 Å². The van der Waals surface area contributed by atoms with Crippen molar-refractivity contribution in [1.29, 1.82) is 0 Å². The summed E-state index contributed by atoms with van der Waals surface area (Å²) in [4.78, 5) is 22.6. The quantitative estimate of drug-likeness (QED) is 0.603. The average Bonchev–Trinajstić information content (AvgIpc) is 2.75. The van der Waals surface area contributed by atoms with Gasteiger partial charge in [0.25, 0.3) is 0 Å². The van der Waals surface area contributed by atoms with Gasteiger partial charge in [-0.2, -0.15) is 18.2 Å². The lowest BCUT2D eigenvalue weighted by Crippen LogP contribution is -2.42. The zero-order valence-electron chi connectivity index (χ0n) is 19.2. The van der Waals surface area contributed by atoms with E-state index >= 15 is 0 Å². The zero-order valence-corrected chi connectivity index (χ0v) is 20.0. The summed E-state index contributed by atoms with van der Waals surface area (Å²) in [7, 11) is -0.398. The molecule has 3 rings (SSSR count). The Morgan fingerprint density at radius 3 is 2.41 bits per heavy atom. The first-order valence-electron chi connectivity index (χ1n) is 10.8. The highest BCUT2D eigenvalue weighted by Gasteiger charge is 2.32. The Morgan fingerprint density at radius 1 is 1.15 bits per heavy atom. The molecule has 0 atom stereocenters. The summed E-state index contributed by atoms with van der Waals surface area (Å²) in [6.45, 7) is 1.93. The van der Waals surface area contributed by atoms with Crippen molar-refractivity contribution in [1.82, 2.24) is 15.3 Å². The number of hydrogen-bond donors (Lipinski definition) is 2. The molecule has 0 saturated heterocycles. The first-order valence-corrected chi connectivity index (χ1v) is 12.5. The molecule has 1 aromatic carbocycles. The highest BCUT2D eigenvalue weighted by Crippen LogP contribution is 2.30. The van der Waals surface area contributed by atoms with Crippen LogP contribution in [0.3, 0.4) is 0 Å². The van der Waals surface area contributed by atoms with Crippen molar-refractivity contribution in [2.45, 2.75) is 55.8 Å². The number of halogens is 3. The van der Waals surface area contributed by atoms with Crippen LogP contribution in [-0.2, 0) is 20.8 Å². The lowest BCUT2D eigenvalue weighted by Gasteiger charge is -2.30. The number of nitrogens with one attached hydrogen (secondary N) is 2. The molecule has 0 bridgehead atoms. The largest absolute Gasteiger partial charge is 0.416 e. The van der Waals surface area contributed by atoms with E-state index in [2.05, 4.69) is 20.6 Å². The van der Waals surface area contributed by atoms with E-state index in [1.807, 2.05) is 25.9 Å². The van der Waals surface area contributed by atoms with E-state index in [0.717, 1.165) is 42.4 Å². The highest BCUT2D eigenvalue weighted by atomic mass is 32.2. The number of carbonyl (C=O) groups is 1. The number of amides is 1. The van der Waals surface area contributed by atoms with Gasteiger partial charge >= 0.3 is 6.18 Å². The molecule has 2 N–H and O–H groups in total. The van der Waals surface area contributed by atoms with Gasteiger partial charge in [0.05, 0.1) is 10.5 Å². The number of hydrogen-bond acceptors (Lipinski definition) is 7. The highest BCUT2D eigenvalue weighted by molar-refractivity contribution is 7.92. The predicted octanol–water partition coefficient (Wildman–Crippen LogP) is 3.18. The summed E-state index contributed by atoms with van der Waals surface area (Å²) in [6.07, 6.45) is -0.224. The fourth-order valence-electron chi connectivity index (χ4n) is 3.91. The maximum absolute atomic E-state index is 12.9. The molecule has 0 radical (unpaired) electrons. The van der Waals surface area contributed by atoms with Gasteiger partial charge in [0.2, 0.25) is 11.9 Å². The molecular formula is C22H28F3N5O3S. The summed E-state index contributed by atoms with van der Waals surface area (Å²) >= 11 is 0. The van der Waals surface area contributed by atoms with E-state index in [0.29, 0.717) is 24.9 Å². The van der Waals surface area contributed by atoms with E-state index in [4.69, 9.17) is 0 Å². The first-order chi connectivity index (χ1) is 15.8. The minimum absolute atomic E-state index is 0.111. The minimum atomic E-state index is -4.67. The minimum Gasteiger partial charge on any atom is -0.362 e. The molecule has 2 aromatic rings. The molecule has 34 heavy (non-hydrogen) atoms. The Labute approximate surface area is 196 Å². The molecule has 0 unspecified atom stereocenters. The topological polar surface area (TPSA) is 104 Å². The van der Waals surface area contributed by atoms with Gasteiger partial charge < -0.3 is 15.5 Å². The van der Waals surface area contributed by atoms with Crippen LogP contribution in [0, 0.1) is 6.92 Å². The van der Waals surface area contributed by atoms with Crippen LogP contribution >= 0.6 is 0 Å². The number of anilines is 2. The van der Waals surface area contributed by atoms with Gasteiger partial charge in [-0.15, -0.1) is 0 Å². The second kappa shape index (κ2) is 10.2. The van der Waals surface area contributed by atoms with Crippen molar-refractivity contribution in [3.05, 3.63) is 41.6 Å². The third kappa shape index (κ3) is 6.58. The van der Waals surface area contributed by atoms with Crippen molar-refractivity contribution in [3.8, 4) is 0 Å². The van der Waals surface area contributed by atoms with E-state index in [1.54, 1.807) is 6.20 Å². The van der Waals surface area contributed by atoms with Crippen molar-refractivity contribution in [2.24, 2.45) is 0 Å². The number of sulfone groups is 1. The average molecular weight is 500 g/mol. The molecule has 1 aliphatic rings. The van der Waals surface area contributed by atoms with Gasteiger partial charge in [-0.05, 0) is 50.8 Å². The van der Waals surface area contributed by atoms with E-state index < -0.39 is 38.1 Å². The summed E-state index contributed by atoms with van der Waals surface area (Å²) in [5, 5.41) is 6.00. The summed E-state index contributed by atoms with van der Waals surface area (Å²) in [6, 6.07) is 3.31. The van der Waals surface area contributed by atoms with Crippen molar-refractivity contribution < 1.29 is 26.4 Å². The molecule has 1 amide bonds. The molecule has 1 heterocycles. The summed E-state index contributed by atoms with van der Waals surface area (Å²) in [5.74, 6) is -0.294. The third-order valence-corrected chi connectivity index (χ3v) is 7.25. The smallest absolute Gasteiger partial charge is 0.362 e. The second-order valence-corrected chi connectivity index (χ2v) is 10.6. The molecular weight excluding hydrogens is 471 g/mol. The van der Waals surface area contributed by atoms with Gasteiger partial charge in [0, 0.05) is 37.9 Å². The van der Waals surface area contributed by atoms with Crippen molar-refractivity contribution in [3.63, 3.8) is 0 Å². The SMILES string of the molecule is Cc1cnc(N[C@H]2CC[C@@H](NC(=O)CS(=O)(=O)c3cccc(C(F)(F)F)c3)CC2)nc1N(C)C. The van der Waals surface area contributed by atoms with Crippen molar-refractivity contribution in [2.75, 3.05) is 30.1 Å². The number of benzene rings is 1. The zero-order chi connectivity index (χ0) is 25.1. The van der Waals surface area contributed by atoms with Crippen LogP contribution in [0.25, 0.3) is 0 Å². The Kier molecular flexibility index (Phi) is 7.69. The Bertz CT molecular complexity index is 1130. The standard InChI is InChI=1S/C22H28F3N5O3S/c1-14-12-26-21(29-20(14)30(2)3)28-17-9-7-16(8-10-17)27-19(31)13-34(32,33)18-6-4-5-15(11-18)22(23,24)25/h4-6,11-12,16-17H,7-10,13H2,1-3H3,(H,27,31)(H,26,28,29)/t16-,17+. The molecule has 12 heteroatoms. The Morgan fingerprint density at radius 2 is 1.79 bits per heavy atom. The predicted molar refractivity (Wildman–Crippen MR) is 122 cm³/mol. The lowest BCUT2D eigenvalue weighted by atomic mass is 9.91. The van der Waals surface area contributed by atoms with E-state index in [9.17, 15) is 26.4 Å². The van der Waals surface area contributed by atoms with Crippen LogP contribution in [0.15, 0.2) is 35.4 Å². The monoisotopic (exact) mass is 499 g/mol. The third-order valence-electron chi connectivity index (χ3n) is 5.64. The molecule has 0 spiro atoms. The summed E-state index contributed by atoms with van der Waals surface area (Å²) < 4.78 is 63.6. The maximum Gasteiger partial charge on any atom is 0.416 e. The number of aryl methyl sites for hydroxylation is 1. The van der Waals surface area contributed by atoms with Gasteiger partial charge in [0.1, 0.15) is 11.6 Å². The number of alkyl halides is 3. The molecule has 8 nitrogen and oxygen atoms in total.